The summed E-state index contributed by atoms with van der Waals surface area (Å²) in [5, 5.41) is 0. The molecule has 5 heteroatoms. The number of benzene rings is 1. The molecular weight excluding hydrogens is 281 g/mol. The van der Waals surface area contributed by atoms with Crippen LogP contribution in [0.5, 0.6) is 0 Å². The maximum absolute atomic E-state index is 13.0. The molecule has 0 spiro atoms. The zero-order valence-corrected chi connectivity index (χ0v) is 12.5. The standard InChI is InChI=1S/C17H18FN3O/c1-12(22)21-8-2-3-14(11-21)17-10-19-9-16(20-17)13-4-6-15(18)7-5-13/h4-7,9-10,14H,2-3,8,11H2,1H3/t14-/m1/s1. The number of carbonyl (C=O) groups is 1. The molecule has 1 amide bonds. The van der Waals surface area contributed by atoms with Crippen LogP contribution in [0.2, 0.25) is 0 Å². The lowest BCUT2D eigenvalue weighted by Crippen LogP contribution is -2.37. The molecule has 114 valence electrons. The number of aromatic nitrogens is 2. The summed E-state index contributed by atoms with van der Waals surface area (Å²) in [7, 11) is 0. The van der Waals surface area contributed by atoms with Gasteiger partial charge in [-0.05, 0) is 37.1 Å². The lowest BCUT2D eigenvalue weighted by Gasteiger charge is -2.31. The first-order valence-electron chi connectivity index (χ1n) is 7.47. The van der Waals surface area contributed by atoms with Gasteiger partial charge in [-0.3, -0.25) is 9.78 Å². The third-order valence-corrected chi connectivity index (χ3v) is 4.08. The summed E-state index contributed by atoms with van der Waals surface area (Å²) in [5.74, 6) is 0.0511. The Morgan fingerprint density at radius 3 is 2.77 bits per heavy atom. The van der Waals surface area contributed by atoms with E-state index in [1.165, 1.54) is 12.1 Å². The molecule has 0 N–H and O–H groups in total. The van der Waals surface area contributed by atoms with E-state index in [0.717, 1.165) is 36.3 Å². The number of rotatable bonds is 2. The summed E-state index contributed by atoms with van der Waals surface area (Å²) < 4.78 is 13.0. The molecule has 0 bridgehead atoms. The molecule has 1 aromatic carbocycles. The summed E-state index contributed by atoms with van der Waals surface area (Å²) in [5.41, 5.74) is 2.47. The number of piperidine rings is 1. The Morgan fingerprint density at radius 2 is 2.05 bits per heavy atom. The number of likely N-dealkylation sites (tertiary alicyclic amines) is 1. The Kier molecular flexibility index (Phi) is 4.13. The van der Waals surface area contributed by atoms with Gasteiger partial charge in [0, 0.05) is 37.7 Å². The summed E-state index contributed by atoms with van der Waals surface area (Å²) in [6.07, 6.45) is 5.43. The molecule has 0 radical (unpaired) electrons. The lowest BCUT2D eigenvalue weighted by atomic mass is 9.95. The van der Waals surface area contributed by atoms with Gasteiger partial charge in [0.05, 0.1) is 17.6 Å². The van der Waals surface area contributed by atoms with E-state index < -0.39 is 0 Å². The third kappa shape index (κ3) is 3.13. The fourth-order valence-corrected chi connectivity index (χ4v) is 2.84. The molecule has 0 aliphatic carbocycles. The van der Waals surface area contributed by atoms with Crippen LogP contribution >= 0.6 is 0 Å². The van der Waals surface area contributed by atoms with Crippen LogP contribution in [0.25, 0.3) is 11.3 Å². The van der Waals surface area contributed by atoms with E-state index in [1.54, 1.807) is 31.5 Å². The quantitative estimate of drug-likeness (QED) is 0.856. The maximum atomic E-state index is 13.0. The largest absolute Gasteiger partial charge is 0.342 e. The van der Waals surface area contributed by atoms with Gasteiger partial charge in [-0.1, -0.05) is 0 Å². The Morgan fingerprint density at radius 1 is 1.27 bits per heavy atom. The summed E-state index contributed by atoms with van der Waals surface area (Å²) in [6, 6.07) is 6.24. The predicted octanol–water partition coefficient (Wildman–Crippen LogP) is 3.01. The van der Waals surface area contributed by atoms with Crippen molar-refractivity contribution in [2.45, 2.75) is 25.7 Å². The van der Waals surface area contributed by atoms with Crippen LogP contribution in [0.3, 0.4) is 0 Å². The zero-order chi connectivity index (χ0) is 15.5. The van der Waals surface area contributed by atoms with Crippen molar-refractivity contribution in [1.82, 2.24) is 14.9 Å². The SMILES string of the molecule is CC(=O)N1CCC[C@@H](c2cncc(-c3ccc(F)cc3)n2)C1. The first kappa shape index (κ1) is 14.6. The van der Waals surface area contributed by atoms with Crippen molar-refractivity contribution in [2.75, 3.05) is 13.1 Å². The van der Waals surface area contributed by atoms with E-state index in [2.05, 4.69) is 9.97 Å². The molecule has 0 saturated carbocycles. The van der Waals surface area contributed by atoms with Gasteiger partial charge in [0.25, 0.3) is 0 Å². The van der Waals surface area contributed by atoms with Crippen LogP contribution in [0.4, 0.5) is 4.39 Å². The monoisotopic (exact) mass is 299 g/mol. The van der Waals surface area contributed by atoms with Gasteiger partial charge in [-0.25, -0.2) is 9.37 Å². The van der Waals surface area contributed by atoms with E-state index in [-0.39, 0.29) is 17.6 Å². The van der Waals surface area contributed by atoms with Crippen molar-refractivity contribution in [3.8, 4) is 11.3 Å². The molecule has 22 heavy (non-hydrogen) atoms. The topological polar surface area (TPSA) is 46.1 Å². The van der Waals surface area contributed by atoms with Crippen molar-refractivity contribution in [1.29, 1.82) is 0 Å². The van der Waals surface area contributed by atoms with Crippen molar-refractivity contribution in [3.05, 3.63) is 48.2 Å². The van der Waals surface area contributed by atoms with E-state index in [1.807, 2.05) is 4.90 Å². The second-order valence-corrected chi connectivity index (χ2v) is 5.64. The zero-order valence-electron chi connectivity index (χ0n) is 12.5. The molecule has 0 unspecified atom stereocenters. The molecule has 1 atom stereocenters. The van der Waals surface area contributed by atoms with Crippen LogP contribution < -0.4 is 0 Å². The molecule has 1 aromatic heterocycles. The van der Waals surface area contributed by atoms with Crippen LogP contribution in [0, 0.1) is 5.82 Å². The second-order valence-electron chi connectivity index (χ2n) is 5.64. The molecule has 1 aliphatic heterocycles. The molecule has 2 aromatic rings. The van der Waals surface area contributed by atoms with Crippen molar-refractivity contribution >= 4 is 5.91 Å². The number of carbonyl (C=O) groups excluding carboxylic acids is 1. The smallest absolute Gasteiger partial charge is 0.219 e. The number of nitrogens with zero attached hydrogens (tertiary/aromatic N) is 3. The predicted molar refractivity (Wildman–Crippen MR) is 81.7 cm³/mol. The highest BCUT2D eigenvalue weighted by molar-refractivity contribution is 5.73. The highest BCUT2D eigenvalue weighted by atomic mass is 19.1. The molecule has 4 nitrogen and oxygen atoms in total. The normalized spacial score (nSPS) is 18.3. The Balaban J connectivity index is 1.84. The molecule has 1 saturated heterocycles. The van der Waals surface area contributed by atoms with Crippen LogP contribution in [-0.4, -0.2) is 33.9 Å². The van der Waals surface area contributed by atoms with Gasteiger partial charge in [0.2, 0.25) is 5.91 Å². The fourth-order valence-electron chi connectivity index (χ4n) is 2.84. The van der Waals surface area contributed by atoms with E-state index in [9.17, 15) is 9.18 Å². The van der Waals surface area contributed by atoms with Crippen molar-refractivity contribution in [2.24, 2.45) is 0 Å². The third-order valence-electron chi connectivity index (χ3n) is 4.08. The number of halogens is 1. The van der Waals surface area contributed by atoms with Gasteiger partial charge in [0.15, 0.2) is 0 Å². The van der Waals surface area contributed by atoms with Crippen molar-refractivity contribution < 1.29 is 9.18 Å². The molecule has 3 rings (SSSR count). The van der Waals surface area contributed by atoms with Crippen LogP contribution in [-0.2, 0) is 4.79 Å². The first-order chi connectivity index (χ1) is 10.6. The Bertz CT molecular complexity index is 672. The average molecular weight is 299 g/mol. The van der Waals surface area contributed by atoms with E-state index in [0.29, 0.717) is 6.54 Å². The second kappa shape index (κ2) is 6.22. The highest BCUT2D eigenvalue weighted by Gasteiger charge is 2.24. The Labute approximate surface area is 129 Å². The molecular formula is C17H18FN3O. The minimum Gasteiger partial charge on any atom is -0.342 e. The van der Waals surface area contributed by atoms with Gasteiger partial charge >= 0.3 is 0 Å². The van der Waals surface area contributed by atoms with E-state index >= 15 is 0 Å². The van der Waals surface area contributed by atoms with Crippen LogP contribution in [0.1, 0.15) is 31.4 Å². The van der Waals surface area contributed by atoms with Gasteiger partial charge in [0.1, 0.15) is 5.82 Å². The number of amides is 1. The maximum Gasteiger partial charge on any atom is 0.219 e. The summed E-state index contributed by atoms with van der Waals surface area (Å²) >= 11 is 0. The number of hydrogen-bond donors (Lipinski definition) is 0. The summed E-state index contributed by atoms with van der Waals surface area (Å²) in [6.45, 7) is 3.11. The first-order valence-corrected chi connectivity index (χ1v) is 7.47. The highest BCUT2D eigenvalue weighted by Crippen LogP contribution is 2.27. The molecule has 2 heterocycles. The van der Waals surface area contributed by atoms with Crippen LogP contribution in [0.15, 0.2) is 36.7 Å². The Hall–Kier alpha value is -2.30. The van der Waals surface area contributed by atoms with E-state index in [4.69, 9.17) is 0 Å². The fraction of sp³-hybridized carbons (Fsp3) is 0.353. The minimum atomic E-state index is -0.266. The molecule has 1 aliphatic rings. The minimum absolute atomic E-state index is 0.104. The average Bonchev–Trinajstić information content (AvgIpc) is 2.56. The van der Waals surface area contributed by atoms with Gasteiger partial charge < -0.3 is 4.90 Å². The van der Waals surface area contributed by atoms with Gasteiger partial charge in [-0.2, -0.15) is 0 Å². The van der Waals surface area contributed by atoms with Gasteiger partial charge in [-0.15, -0.1) is 0 Å². The molecule has 1 fully saturated rings. The lowest BCUT2D eigenvalue weighted by molar-refractivity contribution is -0.130. The summed E-state index contributed by atoms with van der Waals surface area (Å²) in [4.78, 5) is 22.3. The van der Waals surface area contributed by atoms with Crippen molar-refractivity contribution in [3.63, 3.8) is 0 Å². The number of hydrogen-bond acceptors (Lipinski definition) is 3.